The van der Waals surface area contributed by atoms with Gasteiger partial charge in [-0.05, 0) is 43.9 Å². The lowest BCUT2D eigenvalue weighted by Crippen LogP contribution is -2.45. The van der Waals surface area contributed by atoms with Crippen LogP contribution in [0.2, 0.25) is 0 Å². The van der Waals surface area contributed by atoms with Crippen LogP contribution in [0.25, 0.3) is 0 Å². The fraction of sp³-hybridized carbons (Fsp3) is 1.00. The lowest BCUT2D eigenvalue weighted by molar-refractivity contribution is -0.131. The molecule has 0 radical (unpaired) electrons. The Labute approximate surface area is 104 Å². The van der Waals surface area contributed by atoms with Gasteiger partial charge in [0.1, 0.15) is 6.23 Å². The van der Waals surface area contributed by atoms with Crippen molar-refractivity contribution in [3.05, 3.63) is 0 Å². The van der Waals surface area contributed by atoms with Gasteiger partial charge in [0.25, 0.3) is 0 Å². The van der Waals surface area contributed by atoms with E-state index in [2.05, 4.69) is 5.32 Å². The van der Waals surface area contributed by atoms with Gasteiger partial charge in [-0.25, -0.2) is 0 Å². The molecule has 6 atom stereocenters. The number of nitrogens with one attached hydrogen (secondary N) is 1. The van der Waals surface area contributed by atoms with Crippen LogP contribution in [0.3, 0.4) is 0 Å². The molecule has 4 rings (SSSR count). The molecule has 6 unspecified atom stereocenters. The fourth-order valence-electron chi connectivity index (χ4n) is 5.04. The van der Waals surface area contributed by atoms with Crippen molar-refractivity contribution in [1.82, 2.24) is 5.32 Å². The van der Waals surface area contributed by atoms with Crippen LogP contribution in [-0.2, 0) is 4.74 Å². The quantitative estimate of drug-likeness (QED) is 0.696. The molecule has 2 saturated heterocycles. The maximum absolute atomic E-state index is 6.40. The van der Waals surface area contributed by atoms with Crippen LogP contribution in [0.4, 0.5) is 0 Å². The number of hydrogen-bond donors (Lipinski definition) is 1. The highest BCUT2D eigenvalue weighted by atomic mass is 16.5. The molecule has 4 fully saturated rings. The summed E-state index contributed by atoms with van der Waals surface area (Å²) < 4.78 is 6.40. The highest BCUT2D eigenvalue weighted by Gasteiger charge is 2.49. The Morgan fingerprint density at radius 3 is 2.65 bits per heavy atom. The molecule has 2 nitrogen and oxygen atoms in total. The minimum Gasteiger partial charge on any atom is -0.360 e. The van der Waals surface area contributed by atoms with E-state index in [-0.39, 0.29) is 0 Å². The largest absolute Gasteiger partial charge is 0.360 e. The molecule has 0 amide bonds. The third-order valence-corrected chi connectivity index (χ3v) is 5.87. The summed E-state index contributed by atoms with van der Waals surface area (Å²) in [5.74, 6) is 2.68. The summed E-state index contributed by atoms with van der Waals surface area (Å²) in [5.41, 5.74) is 0. The predicted octanol–water partition coefficient (Wildman–Crippen LogP) is 3.07. The molecule has 96 valence electrons. The molecule has 0 aromatic carbocycles. The monoisotopic (exact) mass is 235 g/mol. The number of hydrogen-bond acceptors (Lipinski definition) is 2. The zero-order chi connectivity index (χ0) is 11.2. The molecule has 2 aliphatic carbocycles. The van der Waals surface area contributed by atoms with Crippen LogP contribution in [0.1, 0.15) is 57.8 Å². The lowest BCUT2D eigenvalue weighted by Gasteiger charge is -2.42. The van der Waals surface area contributed by atoms with Crippen molar-refractivity contribution in [1.29, 1.82) is 0 Å². The van der Waals surface area contributed by atoms with E-state index in [1.165, 1.54) is 57.8 Å². The highest BCUT2D eigenvalue weighted by molar-refractivity contribution is 5.00. The Hall–Kier alpha value is -0.0800. The average Bonchev–Trinajstić information content (AvgIpc) is 2.73. The molecule has 2 heterocycles. The van der Waals surface area contributed by atoms with E-state index >= 15 is 0 Å². The van der Waals surface area contributed by atoms with E-state index in [0.29, 0.717) is 12.3 Å². The smallest absolute Gasteiger partial charge is 0.111 e. The molecule has 0 bridgehead atoms. The molecular weight excluding hydrogens is 210 g/mol. The zero-order valence-corrected chi connectivity index (χ0v) is 10.7. The van der Waals surface area contributed by atoms with Crippen molar-refractivity contribution in [3.8, 4) is 0 Å². The van der Waals surface area contributed by atoms with Gasteiger partial charge < -0.3 is 4.74 Å². The Morgan fingerprint density at radius 1 is 0.824 bits per heavy atom. The van der Waals surface area contributed by atoms with Gasteiger partial charge in [0, 0.05) is 12.0 Å². The third-order valence-electron chi connectivity index (χ3n) is 5.87. The van der Waals surface area contributed by atoms with E-state index in [4.69, 9.17) is 4.74 Å². The molecule has 17 heavy (non-hydrogen) atoms. The van der Waals surface area contributed by atoms with E-state index in [1.807, 2.05) is 0 Å². The summed E-state index contributed by atoms with van der Waals surface area (Å²) in [6.07, 6.45) is 13.8. The summed E-state index contributed by atoms with van der Waals surface area (Å²) in [7, 11) is 0. The van der Waals surface area contributed by atoms with Gasteiger partial charge in [-0.2, -0.15) is 0 Å². The van der Waals surface area contributed by atoms with E-state index in [1.54, 1.807) is 0 Å². The van der Waals surface area contributed by atoms with Crippen molar-refractivity contribution < 1.29 is 4.74 Å². The average molecular weight is 235 g/mol. The van der Waals surface area contributed by atoms with Gasteiger partial charge >= 0.3 is 0 Å². The Balaban J connectivity index is 1.52. The molecule has 2 saturated carbocycles. The number of ether oxygens (including phenoxy) is 1. The van der Waals surface area contributed by atoms with Gasteiger partial charge in [-0.1, -0.05) is 25.7 Å². The molecule has 0 spiro atoms. The van der Waals surface area contributed by atoms with Crippen molar-refractivity contribution in [2.24, 2.45) is 17.8 Å². The minimum absolute atomic E-state index is 0.419. The first-order valence-corrected chi connectivity index (χ1v) is 7.83. The van der Waals surface area contributed by atoms with Gasteiger partial charge in [0.2, 0.25) is 0 Å². The van der Waals surface area contributed by atoms with Crippen LogP contribution >= 0.6 is 0 Å². The Bertz CT molecular complexity index is 291. The number of fused-ring (bicyclic) bond motifs is 4. The SMILES string of the molecule is C1CCC2OC3NC4CCCCC4C3CC2C1. The first-order valence-electron chi connectivity index (χ1n) is 7.83. The topological polar surface area (TPSA) is 21.3 Å². The lowest BCUT2D eigenvalue weighted by atomic mass is 9.71. The van der Waals surface area contributed by atoms with Crippen molar-refractivity contribution in [2.45, 2.75) is 76.2 Å². The fourth-order valence-corrected chi connectivity index (χ4v) is 5.04. The summed E-state index contributed by atoms with van der Waals surface area (Å²) in [5, 5.41) is 3.81. The van der Waals surface area contributed by atoms with Crippen molar-refractivity contribution in [3.63, 3.8) is 0 Å². The van der Waals surface area contributed by atoms with Crippen LogP contribution in [-0.4, -0.2) is 18.4 Å². The van der Waals surface area contributed by atoms with Crippen LogP contribution in [0.15, 0.2) is 0 Å². The van der Waals surface area contributed by atoms with Crippen LogP contribution < -0.4 is 5.32 Å². The van der Waals surface area contributed by atoms with Crippen molar-refractivity contribution in [2.75, 3.05) is 0 Å². The molecule has 0 aromatic rings. The van der Waals surface area contributed by atoms with Crippen molar-refractivity contribution >= 4 is 0 Å². The normalized spacial score (nSPS) is 53.6. The van der Waals surface area contributed by atoms with Crippen LogP contribution in [0.5, 0.6) is 0 Å². The Kier molecular flexibility index (Phi) is 2.69. The number of rotatable bonds is 0. The van der Waals surface area contributed by atoms with Crippen LogP contribution in [0, 0.1) is 17.8 Å². The predicted molar refractivity (Wildman–Crippen MR) is 67.6 cm³/mol. The van der Waals surface area contributed by atoms with Gasteiger partial charge in [-0.3, -0.25) is 5.32 Å². The third kappa shape index (κ3) is 1.76. The second-order valence-electron chi connectivity index (χ2n) is 6.76. The van der Waals surface area contributed by atoms with Gasteiger partial charge in [0.15, 0.2) is 0 Å². The Morgan fingerprint density at radius 2 is 1.65 bits per heavy atom. The second kappa shape index (κ2) is 4.24. The second-order valence-corrected chi connectivity index (χ2v) is 6.76. The van der Waals surface area contributed by atoms with E-state index < -0.39 is 0 Å². The van der Waals surface area contributed by atoms with Gasteiger partial charge in [0.05, 0.1) is 6.10 Å². The zero-order valence-electron chi connectivity index (χ0n) is 10.7. The van der Waals surface area contributed by atoms with Gasteiger partial charge in [-0.15, -0.1) is 0 Å². The first-order chi connectivity index (χ1) is 8.42. The molecule has 4 aliphatic rings. The molecule has 0 aromatic heterocycles. The maximum Gasteiger partial charge on any atom is 0.111 e. The molecule has 2 aliphatic heterocycles. The summed E-state index contributed by atoms with van der Waals surface area (Å²) >= 11 is 0. The first kappa shape index (κ1) is 10.8. The summed E-state index contributed by atoms with van der Waals surface area (Å²) in [4.78, 5) is 0. The summed E-state index contributed by atoms with van der Waals surface area (Å²) in [6.45, 7) is 0. The van der Waals surface area contributed by atoms with E-state index in [9.17, 15) is 0 Å². The maximum atomic E-state index is 6.40. The summed E-state index contributed by atoms with van der Waals surface area (Å²) in [6, 6.07) is 0.791. The highest BCUT2D eigenvalue weighted by Crippen LogP contribution is 2.47. The standard InChI is InChI=1S/C15H25NO/c1-4-8-14-10(5-1)9-12-11-6-2-3-7-13(11)16-15(12)17-14/h10-16H,1-9H2. The molecular formula is C15H25NO. The molecule has 2 heteroatoms. The van der Waals surface area contributed by atoms with E-state index in [0.717, 1.165) is 23.8 Å². The molecule has 1 N–H and O–H groups in total. The minimum atomic E-state index is 0.419.